The molecule has 0 aromatic heterocycles. The first-order valence-corrected chi connectivity index (χ1v) is 6.75. The molecule has 0 fully saturated rings. The number of hydrogen-bond acceptors (Lipinski definition) is 2. The highest BCUT2D eigenvalue weighted by Gasteiger charge is 2.12. The molecule has 0 saturated carbocycles. The standard InChI is InChI=1S/C14H9BrClNO3/c15-11-4-2-1-3-9(11)13(18)17-8-5-6-10(14(19)20)12(16)7-8/h1-7H,(H,17,18)(H,19,20). The molecule has 0 aliphatic rings. The molecular weight excluding hydrogens is 346 g/mol. The van der Waals surface area contributed by atoms with Crippen molar-refractivity contribution in [3.63, 3.8) is 0 Å². The maximum absolute atomic E-state index is 12.1. The summed E-state index contributed by atoms with van der Waals surface area (Å²) < 4.78 is 0.672. The number of anilines is 1. The predicted molar refractivity (Wildman–Crippen MR) is 80.5 cm³/mol. The molecule has 2 aromatic rings. The van der Waals surface area contributed by atoms with Crippen molar-refractivity contribution in [1.82, 2.24) is 0 Å². The Bertz CT molecular complexity index is 688. The van der Waals surface area contributed by atoms with E-state index >= 15 is 0 Å². The zero-order valence-electron chi connectivity index (χ0n) is 10.1. The highest BCUT2D eigenvalue weighted by Crippen LogP contribution is 2.22. The molecule has 0 atom stereocenters. The van der Waals surface area contributed by atoms with Crippen molar-refractivity contribution < 1.29 is 14.7 Å². The first kappa shape index (κ1) is 14.6. The van der Waals surface area contributed by atoms with Crippen LogP contribution in [-0.4, -0.2) is 17.0 Å². The summed E-state index contributed by atoms with van der Waals surface area (Å²) in [5.41, 5.74) is 0.900. The third kappa shape index (κ3) is 3.18. The Balaban J connectivity index is 2.23. The second-order valence-electron chi connectivity index (χ2n) is 3.93. The molecule has 0 bridgehead atoms. The van der Waals surface area contributed by atoms with Crippen molar-refractivity contribution >= 4 is 45.1 Å². The zero-order valence-corrected chi connectivity index (χ0v) is 12.4. The molecule has 6 heteroatoms. The third-order valence-electron chi connectivity index (χ3n) is 2.58. The summed E-state index contributed by atoms with van der Waals surface area (Å²) in [6, 6.07) is 11.2. The number of carbonyl (C=O) groups is 2. The minimum absolute atomic E-state index is 0.00874. The SMILES string of the molecule is O=C(O)c1ccc(NC(=O)c2ccccc2Br)cc1Cl. The lowest BCUT2D eigenvalue weighted by atomic mass is 10.2. The molecule has 0 aliphatic carbocycles. The van der Waals surface area contributed by atoms with Crippen LogP contribution in [-0.2, 0) is 0 Å². The van der Waals surface area contributed by atoms with Gasteiger partial charge in [0, 0.05) is 10.2 Å². The lowest BCUT2D eigenvalue weighted by Gasteiger charge is -2.08. The Kier molecular flexibility index (Phi) is 4.42. The van der Waals surface area contributed by atoms with E-state index in [1.807, 2.05) is 0 Å². The predicted octanol–water partition coefficient (Wildman–Crippen LogP) is 4.05. The minimum Gasteiger partial charge on any atom is -0.478 e. The third-order valence-corrected chi connectivity index (χ3v) is 3.58. The Morgan fingerprint density at radius 2 is 1.80 bits per heavy atom. The van der Waals surface area contributed by atoms with Crippen LogP contribution in [0.4, 0.5) is 5.69 Å². The topological polar surface area (TPSA) is 66.4 Å². The molecular formula is C14H9BrClNO3. The van der Waals surface area contributed by atoms with Crippen molar-refractivity contribution in [2.24, 2.45) is 0 Å². The summed E-state index contributed by atoms with van der Waals surface area (Å²) in [6.07, 6.45) is 0. The number of hydrogen-bond donors (Lipinski definition) is 2. The minimum atomic E-state index is -1.11. The lowest BCUT2D eigenvalue weighted by Crippen LogP contribution is -2.12. The van der Waals surface area contributed by atoms with Gasteiger partial charge in [-0.25, -0.2) is 4.79 Å². The number of aromatic carboxylic acids is 1. The summed E-state index contributed by atoms with van der Waals surface area (Å²) in [4.78, 5) is 22.9. The second kappa shape index (κ2) is 6.07. The van der Waals surface area contributed by atoms with E-state index < -0.39 is 5.97 Å². The zero-order chi connectivity index (χ0) is 14.7. The lowest BCUT2D eigenvalue weighted by molar-refractivity contribution is 0.0697. The largest absolute Gasteiger partial charge is 0.478 e. The molecule has 0 spiro atoms. The molecule has 0 aliphatic heterocycles. The van der Waals surface area contributed by atoms with E-state index in [-0.39, 0.29) is 16.5 Å². The average Bonchev–Trinajstić information content (AvgIpc) is 2.38. The van der Waals surface area contributed by atoms with Gasteiger partial charge >= 0.3 is 5.97 Å². The summed E-state index contributed by atoms with van der Waals surface area (Å²) >= 11 is 9.13. The van der Waals surface area contributed by atoms with Crippen molar-refractivity contribution in [3.8, 4) is 0 Å². The van der Waals surface area contributed by atoms with E-state index in [2.05, 4.69) is 21.2 Å². The van der Waals surface area contributed by atoms with Crippen LogP contribution >= 0.6 is 27.5 Å². The number of carboxylic acid groups (broad SMARTS) is 1. The normalized spacial score (nSPS) is 10.1. The van der Waals surface area contributed by atoms with Crippen molar-refractivity contribution in [3.05, 3.63) is 63.1 Å². The first-order chi connectivity index (χ1) is 9.49. The smallest absolute Gasteiger partial charge is 0.337 e. The fraction of sp³-hybridized carbons (Fsp3) is 0. The second-order valence-corrected chi connectivity index (χ2v) is 5.20. The van der Waals surface area contributed by atoms with E-state index in [1.54, 1.807) is 24.3 Å². The van der Waals surface area contributed by atoms with Crippen LogP contribution in [0.2, 0.25) is 5.02 Å². The number of benzene rings is 2. The van der Waals surface area contributed by atoms with Gasteiger partial charge in [-0.05, 0) is 46.3 Å². The van der Waals surface area contributed by atoms with Crippen LogP contribution in [0.15, 0.2) is 46.9 Å². The van der Waals surface area contributed by atoms with Gasteiger partial charge in [0.05, 0.1) is 16.1 Å². The molecule has 2 aromatic carbocycles. The van der Waals surface area contributed by atoms with Gasteiger partial charge in [0.25, 0.3) is 5.91 Å². The number of amides is 1. The summed E-state index contributed by atoms with van der Waals surface area (Å²) in [5.74, 6) is -1.42. The van der Waals surface area contributed by atoms with Crippen LogP contribution in [0, 0.1) is 0 Å². The quantitative estimate of drug-likeness (QED) is 0.874. The molecule has 2 N–H and O–H groups in total. The van der Waals surface area contributed by atoms with Gasteiger partial charge in [-0.15, -0.1) is 0 Å². The van der Waals surface area contributed by atoms with Gasteiger partial charge in [-0.1, -0.05) is 23.7 Å². The molecule has 102 valence electrons. The van der Waals surface area contributed by atoms with Gasteiger partial charge in [0.15, 0.2) is 0 Å². The fourth-order valence-electron chi connectivity index (χ4n) is 1.61. The van der Waals surface area contributed by atoms with Crippen LogP contribution in [0.1, 0.15) is 20.7 Å². The Hall–Kier alpha value is -1.85. The Morgan fingerprint density at radius 3 is 2.40 bits per heavy atom. The highest BCUT2D eigenvalue weighted by molar-refractivity contribution is 9.10. The van der Waals surface area contributed by atoms with Crippen LogP contribution in [0.25, 0.3) is 0 Å². The first-order valence-electron chi connectivity index (χ1n) is 5.58. The van der Waals surface area contributed by atoms with Crippen molar-refractivity contribution in [2.45, 2.75) is 0 Å². The van der Waals surface area contributed by atoms with Crippen LogP contribution < -0.4 is 5.32 Å². The maximum Gasteiger partial charge on any atom is 0.337 e. The Labute approximate surface area is 128 Å². The van der Waals surface area contributed by atoms with E-state index in [4.69, 9.17) is 16.7 Å². The van der Waals surface area contributed by atoms with E-state index in [0.29, 0.717) is 15.7 Å². The summed E-state index contributed by atoms with van der Waals surface area (Å²) in [7, 11) is 0. The van der Waals surface area contributed by atoms with E-state index in [9.17, 15) is 9.59 Å². The number of nitrogens with one attached hydrogen (secondary N) is 1. The number of carbonyl (C=O) groups excluding carboxylic acids is 1. The fourth-order valence-corrected chi connectivity index (χ4v) is 2.34. The van der Waals surface area contributed by atoms with Gasteiger partial charge in [0.2, 0.25) is 0 Å². The molecule has 20 heavy (non-hydrogen) atoms. The number of carboxylic acids is 1. The van der Waals surface area contributed by atoms with E-state index in [0.717, 1.165) is 0 Å². The average molecular weight is 355 g/mol. The molecule has 0 saturated heterocycles. The number of rotatable bonds is 3. The van der Waals surface area contributed by atoms with Crippen molar-refractivity contribution in [2.75, 3.05) is 5.32 Å². The van der Waals surface area contributed by atoms with Gasteiger partial charge < -0.3 is 10.4 Å². The van der Waals surface area contributed by atoms with Gasteiger partial charge in [0.1, 0.15) is 0 Å². The van der Waals surface area contributed by atoms with Crippen LogP contribution in [0.3, 0.4) is 0 Å². The molecule has 0 radical (unpaired) electrons. The molecule has 0 heterocycles. The molecule has 1 amide bonds. The Morgan fingerprint density at radius 1 is 1.10 bits per heavy atom. The molecule has 4 nitrogen and oxygen atoms in total. The molecule has 2 rings (SSSR count). The van der Waals surface area contributed by atoms with Crippen LogP contribution in [0.5, 0.6) is 0 Å². The highest BCUT2D eigenvalue weighted by atomic mass is 79.9. The number of halogens is 2. The van der Waals surface area contributed by atoms with Gasteiger partial charge in [-0.3, -0.25) is 4.79 Å². The summed E-state index contributed by atoms with van der Waals surface area (Å²) in [5, 5.41) is 11.6. The monoisotopic (exact) mass is 353 g/mol. The van der Waals surface area contributed by atoms with Gasteiger partial charge in [-0.2, -0.15) is 0 Å². The van der Waals surface area contributed by atoms with Crippen molar-refractivity contribution in [1.29, 1.82) is 0 Å². The summed E-state index contributed by atoms with van der Waals surface area (Å²) in [6.45, 7) is 0. The molecule has 0 unspecified atom stereocenters. The maximum atomic E-state index is 12.1. The van der Waals surface area contributed by atoms with E-state index in [1.165, 1.54) is 18.2 Å².